The number of hydrogen-bond acceptors (Lipinski definition) is 13. The Hall–Kier alpha value is -1.56. The van der Waals surface area contributed by atoms with Gasteiger partial charge < -0.3 is 59.8 Å². The third kappa shape index (κ3) is 5.97. The van der Waals surface area contributed by atoms with E-state index < -0.39 is 102 Å². The van der Waals surface area contributed by atoms with E-state index in [1.807, 2.05) is 0 Å². The molecule has 8 N–H and O–H groups in total. The van der Waals surface area contributed by atoms with Crippen molar-refractivity contribution in [1.82, 2.24) is 0 Å². The number of ether oxygens (including phenoxy) is 4. The highest BCUT2D eigenvalue weighted by Gasteiger charge is 2.72. The van der Waals surface area contributed by atoms with E-state index in [4.69, 9.17) is 18.9 Å². The topological polar surface area (TPSA) is 233 Å². The lowest BCUT2D eigenvalue weighted by atomic mass is 9.33. The van der Waals surface area contributed by atoms with Crippen molar-refractivity contribution in [1.29, 1.82) is 0 Å². The maximum atomic E-state index is 14.3. The van der Waals surface area contributed by atoms with E-state index in [9.17, 15) is 50.4 Å². The van der Waals surface area contributed by atoms with Crippen LogP contribution in [0.5, 0.6) is 0 Å². The van der Waals surface area contributed by atoms with Crippen LogP contribution < -0.4 is 0 Å². The maximum absolute atomic E-state index is 14.3. The van der Waals surface area contributed by atoms with Crippen LogP contribution in [0, 0.1) is 50.2 Å². The van der Waals surface area contributed by atoms with Gasteiger partial charge in [0, 0.05) is 10.8 Å². The van der Waals surface area contributed by atoms with Gasteiger partial charge in [-0.25, -0.2) is 4.79 Å². The van der Waals surface area contributed by atoms with E-state index in [1.54, 1.807) is 0 Å². The molecule has 0 radical (unpaired) electrons. The van der Waals surface area contributed by atoms with Crippen LogP contribution in [0.3, 0.4) is 0 Å². The van der Waals surface area contributed by atoms with E-state index in [0.29, 0.717) is 6.42 Å². The first kappa shape index (κ1) is 42.6. The van der Waals surface area contributed by atoms with E-state index in [1.165, 1.54) is 5.57 Å². The Labute approximate surface area is 329 Å². The first-order chi connectivity index (χ1) is 25.9. The number of hydrogen-bond donors (Lipinski definition) is 8. The van der Waals surface area contributed by atoms with Crippen LogP contribution >= 0.6 is 0 Å². The third-order valence-corrected chi connectivity index (χ3v) is 17.2. The highest BCUT2D eigenvalue weighted by atomic mass is 16.7. The van der Waals surface area contributed by atoms with Gasteiger partial charge in [-0.05, 0) is 90.8 Å². The molecular weight excluding hydrogens is 728 g/mol. The van der Waals surface area contributed by atoms with Crippen LogP contribution in [0.4, 0.5) is 0 Å². The van der Waals surface area contributed by atoms with Crippen molar-refractivity contribution in [2.45, 2.75) is 180 Å². The van der Waals surface area contributed by atoms with Gasteiger partial charge in [0.05, 0.1) is 12.7 Å². The number of carboxylic acid groups (broad SMARTS) is 1. The zero-order chi connectivity index (χ0) is 41.3. The Balaban J connectivity index is 1.14. The molecule has 0 bridgehead atoms. The minimum Gasteiger partial charge on any atom is -0.479 e. The van der Waals surface area contributed by atoms with Gasteiger partial charge in [0.25, 0.3) is 0 Å². The van der Waals surface area contributed by atoms with Gasteiger partial charge in [-0.1, -0.05) is 67.0 Å². The summed E-state index contributed by atoms with van der Waals surface area (Å²) < 4.78 is 23.4. The van der Waals surface area contributed by atoms with Gasteiger partial charge >= 0.3 is 5.97 Å². The highest BCUT2D eigenvalue weighted by molar-refractivity contribution is 5.92. The second kappa shape index (κ2) is 14.0. The molecule has 7 rings (SSSR count). The summed E-state index contributed by atoms with van der Waals surface area (Å²) in [7, 11) is 0. The van der Waals surface area contributed by atoms with E-state index >= 15 is 0 Å². The molecule has 0 aromatic carbocycles. The maximum Gasteiger partial charge on any atom is 0.335 e. The van der Waals surface area contributed by atoms with Gasteiger partial charge in [0.15, 0.2) is 24.5 Å². The zero-order valence-corrected chi connectivity index (χ0v) is 34.1. The molecule has 6 fully saturated rings. The lowest BCUT2D eigenvalue weighted by Gasteiger charge is -2.71. The van der Waals surface area contributed by atoms with E-state index in [-0.39, 0.29) is 39.8 Å². The summed E-state index contributed by atoms with van der Waals surface area (Å²) in [6.07, 6.45) is -10.3. The second-order valence-corrected chi connectivity index (χ2v) is 20.8. The van der Waals surface area contributed by atoms with E-state index in [2.05, 4.69) is 61.5 Å². The normalized spacial score (nSPS) is 53.8. The van der Waals surface area contributed by atoms with Crippen molar-refractivity contribution in [3.8, 4) is 0 Å². The number of fused-ring (bicyclic) bond motifs is 7. The van der Waals surface area contributed by atoms with Crippen LogP contribution in [0.15, 0.2) is 11.6 Å². The first-order valence-electron chi connectivity index (χ1n) is 20.7. The quantitative estimate of drug-likeness (QED) is 0.142. The summed E-state index contributed by atoms with van der Waals surface area (Å²) in [5.74, 6) is -1.23. The molecule has 7 aliphatic rings. The van der Waals surface area contributed by atoms with Gasteiger partial charge in [-0.2, -0.15) is 0 Å². The molecule has 0 spiro atoms. The van der Waals surface area contributed by atoms with Gasteiger partial charge in [0.2, 0.25) is 0 Å². The van der Waals surface area contributed by atoms with Crippen molar-refractivity contribution in [3.05, 3.63) is 11.6 Å². The molecular formula is C42H66O14. The Morgan fingerprint density at radius 2 is 1.45 bits per heavy atom. The molecule has 318 valence electrons. The third-order valence-electron chi connectivity index (χ3n) is 17.2. The molecule has 19 unspecified atom stereocenters. The number of allylic oxidation sites excluding steroid dienone is 1. The van der Waals surface area contributed by atoms with E-state index in [0.717, 1.165) is 44.9 Å². The Bertz CT molecular complexity index is 1580. The molecule has 19 atom stereocenters. The predicted octanol–water partition coefficient (Wildman–Crippen LogP) is 2.06. The number of rotatable bonds is 6. The van der Waals surface area contributed by atoms with Crippen molar-refractivity contribution in [2.75, 3.05) is 6.61 Å². The summed E-state index contributed by atoms with van der Waals surface area (Å²) in [5, 5.41) is 85.6. The van der Waals surface area contributed by atoms with Gasteiger partial charge in [0.1, 0.15) is 48.8 Å². The Kier molecular flexibility index (Phi) is 10.6. The number of carbonyl (C=O) groups is 2. The number of aliphatic hydroxyl groups is 7. The smallest absolute Gasteiger partial charge is 0.335 e. The summed E-state index contributed by atoms with van der Waals surface area (Å²) in [4.78, 5) is 26.7. The van der Waals surface area contributed by atoms with Crippen LogP contribution in [0.25, 0.3) is 0 Å². The molecule has 0 amide bonds. The summed E-state index contributed by atoms with van der Waals surface area (Å²) in [5.41, 5.74) is -1.07. The standard InChI is InChI=1S/C42H66O14/c1-37(2)15-16-39(5)20(17-37)19-9-10-23-40(6)13-12-24(38(3,4)22(40)11-14-41(23,7)42(19,8)33(50)32(39)49)54-36-29(48)30(28(47)31(56-36)34(51)52)55-35-27(46)26(45)25(44)21(18-43)53-35/h9,20-31,33,35-36,43-48,50H,10-18H2,1-8H3,(H,51,52). The molecule has 0 aromatic rings. The summed E-state index contributed by atoms with van der Waals surface area (Å²) in [6, 6.07) is 0. The molecule has 4 saturated carbocycles. The molecule has 2 heterocycles. The minimum atomic E-state index is -1.95. The number of ketones is 1. The first-order valence-corrected chi connectivity index (χ1v) is 20.7. The summed E-state index contributed by atoms with van der Waals surface area (Å²) >= 11 is 0. The van der Waals surface area contributed by atoms with Crippen molar-refractivity contribution in [2.24, 2.45) is 50.2 Å². The minimum absolute atomic E-state index is 0.0195. The fraction of sp³-hybridized carbons (Fsp3) is 0.905. The molecule has 2 aliphatic heterocycles. The van der Waals surface area contributed by atoms with Crippen LogP contribution in [-0.2, 0) is 28.5 Å². The second-order valence-electron chi connectivity index (χ2n) is 20.8. The molecule has 14 nitrogen and oxygen atoms in total. The van der Waals surface area contributed by atoms with Gasteiger partial charge in [-0.3, -0.25) is 4.79 Å². The zero-order valence-electron chi connectivity index (χ0n) is 34.1. The van der Waals surface area contributed by atoms with Crippen LogP contribution in [0.1, 0.15) is 107 Å². The average molecular weight is 795 g/mol. The number of aliphatic hydroxyl groups excluding tert-OH is 7. The van der Waals surface area contributed by atoms with Crippen molar-refractivity contribution < 1.29 is 69.4 Å². The van der Waals surface area contributed by atoms with Crippen molar-refractivity contribution >= 4 is 11.8 Å². The molecule has 0 aromatic heterocycles. The predicted molar refractivity (Wildman–Crippen MR) is 198 cm³/mol. The molecule has 2 saturated heterocycles. The number of carbonyl (C=O) groups excluding carboxylic acids is 1. The molecule has 14 heteroatoms. The number of Topliss-reactive ketones (excluding diaryl/α,β-unsaturated/α-hetero) is 1. The summed E-state index contributed by atoms with van der Waals surface area (Å²) in [6.45, 7) is 16.9. The average Bonchev–Trinajstić information content (AvgIpc) is 3.12. The number of carboxylic acids is 1. The molecule has 56 heavy (non-hydrogen) atoms. The van der Waals surface area contributed by atoms with Crippen LogP contribution in [0.2, 0.25) is 0 Å². The fourth-order valence-corrected chi connectivity index (χ4v) is 13.5. The largest absolute Gasteiger partial charge is 0.479 e. The lowest BCUT2D eigenvalue weighted by Crippen LogP contribution is -2.70. The SMILES string of the molecule is CC1(C)CCC2(C)C(=O)C(O)C3(C)C(=CCC4C5(C)CCC(OC6OC(C(=O)O)C(O)C(OC7OC(CO)C(O)C(O)C7O)C6O)C(C)(C)C5CCC43C)C2C1. The monoisotopic (exact) mass is 794 g/mol. The highest BCUT2D eigenvalue weighted by Crippen LogP contribution is 2.75. The van der Waals surface area contributed by atoms with Crippen molar-refractivity contribution in [3.63, 3.8) is 0 Å². The number of aliphatic carboxylic acids is 1. The lowest BCUT2D eigenvalue weighted by molar-refractivity contribution is -0.365. The Morgan fingerprint density at radius 1 is 0.786 bits per heavy atom. The van der Waals surface area contributed by atoms with Gasteiger partial charge in [-0.15, -0.1) is 0 Å². The molecule has 5 aliphatic carbocycles. The Morgan fingerprint density at radius 3 is 2.09 bits per heavy atom. The van der Waals surface area contributed by atoms with Crippen LogP contribution in [-0.4, -0.2) is 133 Å². The fourth-order valence-electron chi connectivity index (χ4n) is 13.5.